The van der Waals surface area contributed by atoms with Gasteiger partial charge in [0.2, 0.25) is 5.95 Å². The number of anilines is 1. The summed E-state index contributed by atoms with van der Waals surface area (Å²) in [6.45, 7) is 2.73. The Labute approximate surface area is 105 Å². The molecule has 0 spiro atoms. The first-order chi connectivity index (χ1) is 8.74. The van der Waals surface area contributed by atoms with Crippen LogP contribution >= 0.6 is 0 Å². The lowest BCUT2D eigenvalue weighted by Gasteiger charge is -2.06. The van der Waals surface area contributed by atoms with E-state index in [2.05, 4.69) is 15.3 Å². The van der Waals surface area contributed by atoms with Gasteiger partial charge in [0.1, 0.15) is 0 Å². The Hall–Kier alpha value is -2.17. The van der Waals surface area contributed by atoms with Crippen LogP contribution in [0.15, 0.2) is 30.6 Å². The van der Waals surface area contributed by atoms with Crippen LogP contribution in [0, 0.1) is 5.82 Å². The minimum Gasteiger partial charge on any atom is -0.494 e. The monoisotopic (exact) mass is 247 g/mol. The molecule has 0 saturated carbocycles. The maximum atomic E-state index is 13.6. The van der Waals surface area contributed by atoms with E-state index in [1.807, 2.05) is 6.92 Å². The van der Waals surface area contributed by atoms with E-state index in [0.29, 0.717) is 5.95 Å². The fourth-order valence-corrected chi connectivity index (χ4v) is 1.57. The molecule has 5 heteroatoms. The van der Waals surface area contributed by atoms with Gasteiger partial charge < -0.3 is 10.1 Å². The van der Waals surface area contributed by atoms with Crippen molar-refractivity contribution in [2.45, 2.75) is 6.92 Å². The number of nitrogens with zero attached hydrogens (tertiary/aromatic N) is 2. The molecule has 18 heavy (non-hydrogen) atoms. The zero-order valence-corrected chi connectivity index (χ0v) is 10.3. The van der Waals surface area contributed by atoms with Crippen LogP contribution in [0.3, 0.4) is 0 Å². The van der Waals surface area contributed by atoms with Crippen molar-refractivity contribution in [1.29, 1.82) is 0 Å². The minimum atomic E-state index is -0.397. The van der Waals surface area contributed by atoms with Crippen molar-refractivity contribution < 1.29 is 9.13 Å². The molecule has 0 unspecified atom stereocenters. The highest BCUT2D eigenvalue weighted by molar-refractivity contribution is 5.63. The van der Waals surface area contributed by atoms with Crippen LogP contribution in [0.1, 0.15) is 6.92 Å². The smallest absolute Gasteiger partial charge is 0.222 e. The van der Waals surface area contributed by atoms with Crippen LogP contribution in [-0.4, -0.2) is 23.6 Å². The topological polar surface area (TPSA) is 47.0 Å². The van der Waals surface area contributed by atoms with E-state index >= 15 is 0 Å². The van der Waals surface area contributed by atoms with Gasteiger partial charge in [0, 0.05) is 24.5 Å². The zero-order valence-electron chi connectivity index (χ0n) is 10.3. The zero-order chi connectivity index (χ0) is 13.0. The minimum absolute atomic E-state index is 0.226. The Kier molecular flexibility index (Phi) is 3.72. The number of hydrogen-bond donors (Lipinski definition) is 1. The summed E-state index contributed by atoms with van der Waals surface area (Å²) in [6, 6.07) is 4.76. The molecule has 4 nitrogen and oxygen atoms in total. The molecule has 0 bridgehead atoms. The number of methoxy groups -OCH3 is 1. The Balaban J connectivity index is 2.28. The maximum Gasteiger partial charge on any atom is 0.222 e. The summed E-state index contributed by atoms with van der Waals surface area (Å²) in [5.41, 5.74) is 1.48. The number of halogens is 1. The summed E-state index contributed by atoms with van der Waals surface area (Å²) in [5, 5.41) is 3.00. The van der Waals surface area contributed by atoms with Gasteiger partial charge in [-0.25, -0.2) is 14.4 Å². The van der Waals surface area contributed by atoms with Gasteiger partial charge in [0.05, 0.1) is 7.11 Å². The van der Waals surface area contributed by atoms with Crippen molar-refractivity contribution in [2.75, 3.05) is 19.0 Å². The van der Waals surface area contributed by atoms with Gasteiger partial charge in [-0.2, -0.15) is 0 Å². The van der Waals surface area contributed by atoms with E-state index in [4.69, 9.17) is 4.74 Å². The number of rotatable bonds is 4. The van der Waals surface area contributed by atoms with E-state index in [-0.39, 0.29) is 5.75 Å². The second-order valence-electron chi connectivity index (χ2n) is 3.68. The van der Waals surface area contributed by atoms with Gasteiger partial charge in [0.15, 0.2) is 11.6 Å². The molecule has 1 N–H and O–H groups in total. The molecule has 1 aromatic carbocycles. The van der Waals surface area contributed by atoms with E-state index in [9.17, 15) is 4.39 Å². The predicted molar refractivity (Wildman–Crippen MR) is 68.1 cm³/mol. The standard InChI is InChI=1S/C13H14FN3O/c1-3-15-13-16-7-10(8-17-13)9-4-5-12(18-2)11(14)6-9/h4-8H,3H2,1-2H3,(H,15,16,17). The van der Waals surface area contributed by atoms with Crippen molar-refractivity contribution in [3.8, 4) is 16.9 Å². The molecule has 0 aliphatic heterocycles. The quantitative estimate of drug-likeness (QED) is 0.902. The molecule has 0 fully saturated rings. The molecule has 0 aliphatic carbocycles. The first kappa shape index (κ1) is 12.3. The van der Waals surface area contributed by atoms with Crippen LogP contribution in [0.4, 0.5) is 10.3 Å². The number of benzene rings is 1. The van der Waals surface area contributed by atoms with Crippen LogP contribution in [0.25, 0.3) is 11.1 Å². The third-order valence-electron chi connectivity index (χ3n) is 2.47. The van der Waals surface area contributed by atoms with Gasteiger partial charge in [-0.15, -0.1) is 0 Å². The van der Waals surface area contributed by atoms with Gasteiger partial charge in [0.25, 0.3) is 0 Å². The molecule has 0 amide bonds. The number of ether oxygens (including phenoxy) is 1. The maximum absolute atomic E-state index is 13.6. The third kappa shape index (κ3) is 2.56. The first-order valence-electron chi connectivity index (χ1n) is 5.64. The van der Waals surface area contributed by atoms with Gasteiger partial charge in [-0.1, -0.05) is 6.07 Å². The summed E-state index contributed by atoms with van der Waals surface area (Å²) < 4.78 is 18.4. The molecule has 2 rings (SSSR count). The summed E-state index contributed by atoms with van der Waals surface area (Å²) in [5.74, 6) is 0.393. The van der Waals surface area contributed by atoms with Crippen molar-refractivity contribution in [2.24, 2.45) is 0 Å². The molecule has 0 saturated heterocycles. The average Bonchev–Trinajstić information content (AvgIpc) is 2.40. The van der Waals surface area contributed by atoms with Crippen LogP contribution < -0.4 is 10.1 Å². The summed E-state index contributed by atoms with van der Waals surface area (Å²) in [7, 11) is 1.44. The van der Waals surface area contributed by atoms with Gasteiger partial charge in [-0.3, -0.25) is 0 Å². The van der Waals surface area contributed by atoms with Crippen LogP contribution in [0.2, 0.25) is 0 Å². The fraction of sp³-hybridized carbons (Fsp3) is 0.231. The van der Waals surface area contributed by atoms with E-state index in [1.54, 1.807) is 24.5 Å². The highest BCUT2D eigenvalue weighted by Gasteiger charge is 2.06. The van der Waals surface area contributed by atoms with Crippen molar-refractivity contribution in [3.05, 3.63) is 36.4 Å². The highest BCUT2D eigenvalue weighted by Crippen LogP contribution is 2.24. The predicted octanol–water partition coefficient (Wildman–Crippen LogP) is 2.72. The first-order valence-corrected chi connectivity index (χ1v) is 5.64. The Morgan fingerprint density at radius 2 is 1.94 bits per heavy atom. The lowest BCUT2D eigenvalue weighted by molar-refractivity contribution is 0.386. The Bertz CT molecular complexity index is 528. The van der Waals surface area contributed by atoms with Crippen molar-refractivity contribution in [1.82, 2.24) is 9.97 Å². The average molecular weight is 247 g/mol. The number of nitrogens with one attached hydrogen (secondary N) is 1. The lowest BCUT2D eigenvalue weighted by atomic mass is 10.1. The number of hydrogen-bond acceptors (Lipinski definition) is 4. The van der Waals surface area contributed by atoms with Crippen LogP contribution in [0.5, 0.6) is 5.75 Å². The molecule has 94 valence electrons. The molecule has 0 radical (unpaired) electrons. The fourth-order valence-electron chi connectivity index (χ4n) is 1.57. The Morgan fingerprint density at radius 1 is 1.22 bits per heavy atom. The summed E-state index contributed by atoms with van der Waals surface area (Å²) >= 11 is 0. The van der Waals surface area contributed by atoms with Gasteiger partial charge >= 0.3 is 0 Å². The second-order valence-corrected chi connectivity index (χ2v) is 3.68. The van der Waals surface area contributed by atoms with E-state index in [1.165, 1.54) is 13.2 Å². The molecule has 2 aromatic rings. The van der Waals surface area contributed by atoms with Crippen molar-refractivity contribution >= 4 is 5.95 Å². The summed E-state index contributed by atoms with van der Waals surface area (Å²) in [4.78, 5) is 8.28. The molecule has 1 aromatic heterocycles. The molecular weight excluding hydrogens is 233 g/mol. The number of aromatic nitrogens is 2. The highest BCUT2D eigenvalue weighted by atomic mass is 19.1. The van der Waals surface area contributed by atoms with E-state index < -0.39 is 5.82 Å². The second kappa shape index (κ2) is 5.44. The summed E-state index contributed by atoms with van der Waals surface area (Å²) in [6.07, 6.45) is 3.32. The van der Waals surface area contributed by atoms with Crippen molar-refractivity contribution in [3.63, 3.8) is 0 Å². The Morgan fingerprint density at radius 3 is 2.50 bits per heavy atom. The third-order valence-corrected chi connectivity index (χ3v) is 2.47. The largest absolute Gasteiger partial charge is 0.494 e. The molecule has 0 aliphatic rings. The lowest BCUT2D eigenvalue weighted by Crippen LogP contribution is -2.01. The van der Waals surface area contributed by atoms with E-state index in [0.717, 1.165) is 17.7 Å². The normalized spacial score (nSPS) is 10.2. The molecular formula is C13H14FN3O. The molecule has 0 atom stereocenters. The van der Waals surface area contributed by atoms with Gasteiger partial charge in [-0.05, 0) is 24.6 Å². The SMILES string of the molecule is CCNc1ncc(-c2ccc(OC)c(F)c2)cn1. The van der Waals surface area contributed by atoms with Crippen LogP contribution in [-0.2, 0) is 0 Å². The molecule has 1 heterocycles.